The molecule has 1 heterocycles. The first kappa shape index (κ1) is 12.1. The van der Waals surface area contributed by atoms with Crippen LogP contribution >= 0.6 is 0 Å². The lowest BCUT2D eigenvalue weighted by molar-refractivity contribution is -0.155. The molecule has 4 heteroatoms. The summed E-state index contributed by atoms with van der Waals surface area (Å²) in [4.78, 5) is 24.4. The molecule has 4 aliphatic rings. The van der Waals surface area contributed by atoms with Gasteiger partial charge in [0, 0.05) is 5.92 Å². The summed E-state index contributed by atoms with van der Waals surface area (Å²) >= 11 is 0. The van der Waals surface area contributed by atoms with E-state index in [4.69, 9.17) is 4.74 Å². The highest BCUT2D eigenvalue weighted by Gasteiger charge is 2.67. The highest BCUT2D eigenvalue weighted by Crippen LogP contribution is 2.62. The molecular formula is C18H12O4. The number of rotatable bonds is 0. The summed E-state index contributed by atoms with van der Waals surface area (Å²) in [5.41, 5.74) is 1.77. The molecule has 3 aliphatic carbocycles. The molecule has 108 valence electrons. The molecule has 4 nitrogen and oxygen atoms in total. The first-order valence-electron chi connectivity index (χ1n) is 7.30. The van der Waals surface area contributed by atoms with E-state index in [2.05, 4.69) is 0 Å². The Balaban J connectivity index is 1.94. The molecule has 0 unspecified atom stereocenters. The Morgan fingerprint density at radius 3 is 2.00 bits per heavy atom. The molecule has 0 spiro atoms. The second-order valence-electron chi connectivity index (χ2n) is 6.16. The van der Waals surface area contributed by atoms with Crippen molar-refractivity contribution in [3.63, 3.8) is 0 Å². The summed E-state index contributed by atoms with van der Waals surface area (Å²) in [6.45, 7) is 0. The number of cyclic esters (lactones) is 2. The van der Waals surface area contributed by atoms with Crippen molar-refractivity contribution in [3.8, 4) is 0 Å². The Labute approximate surface area is 126 Å². The van der Waals surface area contributed by atoms with E-state index < -0.39 is 29.4 Å². The van der Waals surface area contributed by atoms with Crippen LogP contribution in [-0.4, -0.2) is 17.0 Å². The van der Waals surface area contributed by atoms with Crippen LogP contribution in [0.5, 0.6) is 0 Å². The number of ether oxygens (including phenoxy) is 1. The van der Waals surface area contributed by atoms with Gasteiger partial charge in [0.15, 0.2) is 0 Å². The van der Waals surface area contributed by atoms with Gasteiger partial charge >= 0.3 is 11.9 Å². The van der Waals surface area contributed by atoms with Gasteiger partial charge in [0.1, 0.15) is 11.5 Å². The second-order valence-corrected chi connectivity index (χ2v) is 6.16. The number of hydrogen-bond donors (Lipinski definition) is 1. The van der Waals surface area contributed by atoms with Crippen LogP contribution in [0, 0.1) is 11.8 Å². The predicted molar refractivity (Wildman–Crippen MR) is 75.8 cm³/mol. The molecule has 6 rings (SSSR count). The quantitative estimate of drug-likeness (QED) is 0.593. The fraction of sp³-hybridized carbons (Fsp3) is 0.222. The van der Waals surface area contributed by atoms with Crippen LogP contribution in [0.25, 0.3) is 0 Å². The number of aliphatic hydroxyl groups is 1. The van der Waals surface area contributed by atoms with Crippen LogP contribution in [0.3, 0.4) is 0 Å². The van der Waals surface area contributed by atoms with E-state index in [1.54, 1.807) is 0 Å². The van der Waals surface area contributed by atoms with Crippen molar-refractivity contribution < 1.29 is 19.4 Å². The van der Waals surface area contributed by atoms with Gasteiger partial charge in [-0.2, -0.15) is 0 Å². The zero-order chi connectivity index (χ0) is 15.1. The van der Waals surface area contributed by atoms with Crippen LogP contribution in [0.2, 0.25) is 0 Å². The Morgan fingerprint density at radius 1 is 0.864 bits per heavy atom. The minimum absolute atomic E-state index is 0.231. The maximum absolute atomic E-state index is 12.2. The molecule has 0 aromatic heterocycles. The van der Waals surface area contributed by atoms with Gasteiger partial charge in [-0.25, -0.2) is 0 Å². The molecule has 2 bridgehead atoms. The topological polar surface area (TPSA) is 63.6 Å². The van der Waals surface area contributed by atoms with Crippen molar-refractivity contribution in [1.82, 2.24) is 0 Å². The minimum Gasteiger partial charge on any atom is -0.393 e. The maximum Gasteiger partial charge on any atom is 0.321 e. The van der Waals surface area contributed by atoms with Crippen molar-refractivity contribution in [1.29, 1.82) is 0 Å². The zero-order valence-electron chi connectivity index (χ0n) is 11.5. The molecule has 1 fully saturated rings. The fourth-order valence-corrected chi connectivity index (χ4v) is 4.54. The predicted octanol–water partition coefficient (Wildman–Crippen LogP) is 1.70. The number of benzene rings is 2. The molecule has 0 saturated carbocycles. The summed E-state index contributed by atoms with van der Waals surface area (Å²) in [7, 11) is 0. The lowest BCUT2D eigenvalue weighted by Gasteiger charge is -2.50. The first-order valence-corrected chi connectivity index (χ1v) is 7.30. The number of esters is 2. The van der Waals surface area contributed by atoms with Crippen LogP contribution in [0.4, 0.5) is 0 Å². The van der Waals surface area contributed by atoms with E-state index in [9.17, 15) is 14.7 Å². The van der Waals surface area contributed by atoms with Gasteiger partial charge in [-0.15, -0.1) is 0 Å². The zero-order valence-corrected chi connectivity index (χ0v) is 11.5. The van der Waals surface area contributed by atoms with Gasteiger partial charge in [-0.1, -0.05) is 48.5 Å². The molecule has 2 atom stereocenters. The van der Waals surface area contributed by atoms with E-state index in [-0.39, 0.29) is 5.92 Å². The van der Waals surface area contributed by atoms with Gasteiger partial charge in [0.25, 0.3) is 0 Å². The van der Waals surface area contributed by atoms with E-state index in [0.717, 1.165) is 11.1 Å². The highest BCUT2D eigenvalue weighted by atomic mass is 16.6. The summed E-state index contributed by atoms with van der Waals surface area (Å²) in [6.07, 6.45) is 0. The van der Waals surface area contributed by atoms with Crippen LogP contribution in [-0.2, 0) is 19.9 Å². The number of carbonyl (C=O) groups is 2. The van der Waals surface area contributed by atoms with Crippen molar-refractivity contribution in [2.45, 2.75) is 11.5 Å². The molecule has 0 amide bonds. The van der Waals surface area contributed by atoms with E-state index in [0.29, 0.717) is 11.1 Å². The van der Waals surface area contributed by atoms with E-state index >= 15 is 0 Å². The Morgan fingerprint density at radius 2 is 1.41 bits per heavy atom. The SMILES string of the molecule is O=C1OC(=O)[C@H]2[C@H]1C1c3ccccc3C2(O)c2ccccc21. The molecule has 0 radical (unpaired) electrons. The van der Waals surface area contributed by atoms with Crippen LogP contribution in [0.1, 0.15) is 28.2 Å². The van der Waals surface area contributed by atoms with Crippen molar-refractivity contribution in [2.75, 3.05) is 0 Å². The third-order valence-corrected chi connectivity index (χ3v) is 5.31. The van der Waals surface area contributed by atoms with E-state index in [1.165, 1.54) is 0 Å². The third kappa shape index (κ3) is 1.12. The number of carbonyl (C=O) groups excluding carboxylic acids is 2. The molecule has 22 heavy (non-hydrogen) atoms. The van der Waals surface area contributed by atoms with Crippen molar-refractivity contribution >= 4 is 11.9 Å². The Kier molecular flexibility index (Phi) is 2.01. The van der Waals surface area contributed by atoms with E-state index in [1.807, 2.05) is 48.5 Å². The second kappa shape index (κ2) is 3.65. The van der Waals surface area contributed by atoms with Gasteiger partial charge in [-0.3, -0.25) is 9.59 Å². The lowest BCUT2D eigenvalue weighted by atomic mass is 9.52. The molecular weight excluding hydrogens is 280 g/mol. The van der Waals surface area contributed by atoms with Gasteiger partial charge < -0.3 is 9.84 Å². The monoisotopic (exact) mass is 292 g/mol. The summed E-state index contributed by atoms with van der Waals surface area (Å²) in [5, 5.41) is 11.5. The third-order valence-electron chi connectivity index (χ3n) is 5.31. The molecule has 1 aliphatic heterocycles. The molecule has 1 saturated heterocycles. The van der Waals surface area contributed by atoms with Gasteiger partial charge in [0.05, 0.1) is 5.92 Å². The lowest BCUT2D eigenvalue weighted by Crippen LogP contribution is -2.53. The summed E-state index contributed by atoms with van der Waals surface area (Å²) in [5.74, 6) is -2.86. The average molecular weight is 292 g/mol. The summed E-state index contributed by atoms with van der Waals surface area (Å²) in [6, 6.07) is 15.0. The maximum atomic E-state index is 12.2. The Bertz CT molecular complexity index is 806. The van der Waals surface area contributed by atoms with Crippen molar-refractivity contribution in [2.24, 2.45) is 11.8 Å². The average Bonchev–Trinajstić information content (AvgIpc) is 2.84. The number of hydrogen-bond acceptors (Lipinski definition) is 4. The first-order chi connectivity index (χ1) is 10.6. The molecule has 2 aromatic carbocycles. The van der Waals surface area contributed by atoms with Gasteiger partial charge in [-0.05, 0) is 22.3 Å². The summed E-state index contributed by atoms with van der Waals surface area (Å²) < 4.78 is 4.88. The van der Waals surface area contributed by atoms with Gasteiger partial charge in [0.2, 0.25) is 0 Å². The molecule has 1 N–H and O–H groups in total. The Hall–Kier alpha value is -2.46. The standard InChI is InChI=1S/C18H12O4/c19-16-14-13-9-5-1-3-7-11(9)18(21,15(14)17(20)22-16)12-8-4-2-6-10(12)13/h1-8,13-15,21H/t13?,14-,15-,18?/m1/s1. The normalized spacial score (nSPS) is 34.0. The van der Waals surface area contributed by atoms with Crippen LogP contribution in [0.15, 0.2) is 48.5 Å². The smallest absolute Gasteiger partial charge is 0.321 e. The highest BCUT2D eigenvalue weighted by molar-refractivity contribution is 6.00. The molecule has 2 aromatic rings. The van der Waals surface area contributed by atoms with Crippen molar-refractivity contribution in [3.05, 3.63) is 70.8 Å². The largest absolute Gasteiger partial charge is 0.393 e. The fourth-order valence-electron chi connectivity index (χ4n) is 4.54. The van der Waals surface area contributed by atoms with Crippen LogP contribution < -0.4 is 0 Å². The minimum atomic E-state index is -1.49.